The molecule has 0 unspecified atom stereocenters. The van der Waals surface area contributed by atoms with Gasteiger partial charge in [-0.1, -0.05) is 38.1 Å². The summed E-state index contributed by atoms with van der Waals surface area (Å²) in [7, 11) is 0. The number of benzene rings is 1. The van der Waals surface area contributed by atoms with Gasteiger partial charge in [0.25, 0.3) is 0 Å². The van der Waals surface area contributed by atoms with Crippen LogP contribution in [0.25, 0.3) is 0 Å². The van der Waals surface area contributed by atoms with E-state index in [0.717, 1.165) is 30.2 Å². The second kappa shape index (κ2) is 8.53. The smallest absolute Gasteiger partial charge is 0.191 e. The second-order valence-electron chi connectivity index (χ2n) is 4.90. The lowest BCUT2D eigenvalue weighted by atomic mass is 10.1. The van der Waals surface area contributed by atoms with E-state index in [1.54, 1.807) is 0 Å². The SMILES string of the molecule is CCNC(=NCc1ccccc1CO)NCC(C)C. The van der Waals surface area contributed by atoms with Gasteiger partial charge in [0.2, 0.25) is 0 Å². The average molecular weight is 263 g/mol. The Hall–Kier alpha value is -1.55. The molecule has 0 amide bonds. The predicted molar refractivity (Wildman–Crippen MR) is 80.0 cm³/mol. The van der Waals surface area contributed by atoms with Crippen LogP contribution in [0.1, 0.15) is 31.9 Å². The Kier molecular flexibility index (Phi) is 6.97. The largest absolute Gasteiger partial charge is 0.392 e. The molecule has 0 aliphatic carbocycles. The summed E-state index contributed by atoms with van der Waals surface area (Å²) in [5, 5.41) is 15.8. The summed E-state index contributed by atoms with van der Waals surface area (Å²) in [5.41, 5.74) is 2.00. The van der Waals surface area contributed by atoms with Gasteiger partial charge >= 0.3 is 0 Å². The van der Waals surface area contributed by atoms with Crippen LogP contribution in [0.15, 0.2) is 29.3 Å². The van der Waals surface area contributed by atoms with E-state index in [4.69, 9.17) is 0 Å². The van der Waals surface area contributed by atoms with E-state index in [-0.39, 0.29) is 6.61 Å². The number of nitrogens with one attached hydrogen (secondary N) is 2. The molecule has 0 atom stereocenters. The zero-order chi connectivity index (χ0) is 14.1. The van der Waals surface area contributed by atoms with Gasteiger partial charge in [0, 0.05) is 13.1 Å². The molecule has 0 fully saturated rings. The fourth-order valence-electron chi connectivity index (χ4n) is 1.67. The van der Waals surface area contributed by atoms with Crippen molar-refractivity contribution in [3.8, 4) is 0 Å². The van der Waals surface area contributed by atoms with Crippen LogP contribution < -0.4 is 10.6 Å². The minimum Gasteiger partial charge on any atom is -0.392 e. The van der Waals surface area contributed by atoms with Crippen molar-refractivity contribution < 1.29 is 5.11 Å². The molecule has 3 N–H and O–H groups in total. The molecule has 1 rings (SSSR count). The van der Waals surface area contributed by atoms with Crippen molar-refractivity contribution in [1.29, 1.82) is 0 Å². The number of nitrogens with zero attached hydrogens (tertiary/aromatic N) is 1. The van der Waals surface area contributed by atoms with Gasteiger partial charge in [-0.2, -0.15) is 0 Å². The van der Waals surface area contributed by atoms with Crippen LogP contribution in [0.5, 0.6) is 0 Å². The maximum Gasteiger partial charge on any atom is 0.191 e. The van der Waals surface area contributed by atoms with Crippen LogP contribution in [0.3, 0.4) is 0 Å². The maximum absolute atomic E-state index is 9.28. The molecule has 0 aliphatic rings. The van der Waals surface area contributed by atoms with Crippen LogP contribution in [0.4, 0.5) is 0 Å². The number of hydrogen-bond acceptors (Lipinski definition) is 2. The number of rotatable bonds is 6. The lowest BCUT2D eigenvalue weighted by molar-refractivity contribution is 0.280. The molecule has 4 nitrogen and oxygen atoms in total. The Bertz CT molecular complexity index is 402. The van der Waals surface area contributed by atoms with Gasteiger partial charge in [0.1, 0.15) is 0 Å². The molecule has 0 heterocycles. The number of aliphatic hydroxyl groups excluding tert-OH is 1. The molecular weight excluding hydrogens is 238 g/mol. The van der Waals surface area contributed by atoms with E-state index < -0.39 is 0 Å². The Morgan fingerprint density at radius 1 is 1.21 bits per heavy atom. The molecule has 0 saturated heterocycles. The third-order valence-electron chi connectivity index (χ3n) is 2.72. The molecular formula is C15H25N3O. The Morgan fingerprint density at radius 2 is 1.89 bits per heavy atom. The highest BCUT2D eigenvalue weighted by Gasteiger charge is 2.02. The van der Waals surface area contributed by atoms with Gasteiger partial charge in [-0.05, 0) is 24.0 Å². The predicted octanol–water partition coefficient (Wildman–Crippen LogP) is 1.89. The number of guanidine groups is 1. The molecule has 0 radical (unpaired) electrons. The molecule has 1 aromatic rings. The highest BCUT2D eigenvalue weighted by Crippen LogP contribution is 2.09. The van der Waals surface area contributed by atoms with Crippen LogP contribution in [-0.4, -0.2) is 24.2 Å². The lowest BCUT2D eigenvalue weighted by Gasteiger charge is -2.13. The lowest BCUT2D eigenvalue weighted by Crippen LogP contribution is -2.39. The summed E-state index contributed by atoms with van der Waals surface area (Å²) in [5.74, 6) is 1.40. The summed E-state index contributed by atoms with van der Waals surface area (Å²) in [4.78, 5) is 4.55. The van der Waals surface area contributed by atoms with E-state index in [0.29, 0.717) is 12.5 Å². The van der Waals surface area contributed by atoms with Gasteiger partial charge in [-0.25, -0.2) is 4.99 Å². The van der Waals surface area contributed by atoms with E-state index in [2.05, 4.69) is 29.5 Å². The molecule has 1 aromatic carbocycles. The van der Waals surface area contributed by atoms with Gasteiger partial charge < -0.3 is 15.7 Å². The molecule has 0 aliphatic heterocycles. The quantitative estimate of drug-likeness (QED) is 0.542. The van der Waals surface area contributed by atoms with Crippen molar-refractivity contribution in [3.63, 3.8) is 0 Å². The summed E-state index contributed by atoms with van der Waals surface area (Å²) in [6.45, 7) is 8.74. The highest BCUT2D eigenvalue weighted by molar-refractivity contribution is 5.79. The average Bonchev–Trinajstić information content (AvgIpc) is 2.42. The molecule has 0 aromatic heterocycles. The summed E-state index contributed by atoms with van der Waals surface area (Å²) in [6.07, 6.45) is 0. The van der Waals surface area contributed by atoms with Gasteiger partial charge in [0.15, 0.2) is 5.96 Å². The molecule has 19 heavy (non-hydrogen) atoms. The van der Waals surface area contributed by atoms with E-state index in [1.807, 2.05) is 31.2 Å². The number of hydrogen-bond donors (Lipinski definition) is 3. The monoisotopic (exact) mass is 263 g/mol. The normalized spacial score (nSPS) is 11.7. The van der Waals surface area contributed by atoms with E-state index in [1.165, 1.54) is 0 Å². The molecule has 0 spiro atoms. The summed E-state index contributed by atoms with van der Waals surface area (Å²) < 4.78 is 0. The Morgan fingerprint density at radius 3 is 2.47 bits per heavy atom. The van der Waals surface area contributed by atoms with Gasteiger partial charge in [-0.3, -0.25) is 0 Å². The van der Waals surface area contributed by atoms with Gasteiger partial charge in [0.05, 0.1) is 13.2 Å². The van der Waals surface area contributed by atoms with Crippen LogP contribution in [0.2, 0.25) is 0 Å². The summed E-state index contributed by atoms with van der Waals surface area (Å²) >= 11 is 0. The fraction of sp³-hybridized carbons (Fsp3) is 0.533. The van der Waals surface area contributed by atoms with Crippen molar-refractivity contribution in [2.45, 2.75) is 33.9 Å². The topological polar surface area (TPSA) is 56.7 Å². The second-order valence-corrected chi connectivity index (χ2v) is 4.90. The Balaban J connectivity index is 2.68. The summed E-state index contributed by atoms with van der Waals surface area (Å²) in [6, 6.07) is 7.83. The zero-order valence-corrected chi connectivity index (χ0v) is 12.1. The minimum atomic E-state index is 0.0572. The first kappa shape index (κ1) is 15.5. The molecule has 0 bridgehead atoms. The molecule has 4 heteroatoms. The molecule has 0 saturated carbocycles. The number of aliphatic imine (C=N–C) groups is 1. The molecule has 106 valence electrons. The van der Waals surface area contributed by atoms with Crippen LogP contribution in [0, 0.1) is 5.92 Å². The third-order valence-corrected chi connectivity index (χ3v) is 2.72. The highest BCUT2D eigenvalue weighted by atomic mass is 16.3. The fourth-order valence-corrected chi connectivity index (χ4v) is 1.67. The first-order valence-electron chi connectivity index (χ1n) is 6.87. The van der Waals surface area contributed by atoms with Crippen LogP contribution >= 0.6 is 0 Å². The van der Waals surface area contributed by atoms with Crippen molar-refractivity contribution >= 4 is 5.96 Å². The first-order chi connectivity index (χ1) is 9.17. The standard InChI is InChI=1S/C15H25N3O/c1-4-16-15(17-9-12(2)3)18-10-13-7-5-6-8-14(13)11-19/h5-8,12,19H,4,9-11H2,1-3H3,(H2,16,17,18). The Labute approximate surface area is 116 Å². The van der Waals surface area contributed by atoms with Gasteiger partial charge in [-0.15, -0.1) is 0 Å². The maximum atomic E-state index is 9.28. The minimum absolute atomic E-state index is 0.0572. The first-order valence-corrected chi connectivity index (χ1v) is 6.87. The van der Waals surface area contributed by atoms with Crippen LogP contribution in [-0.2, 0) is 13.2 Å². The zero-order valence-electron chi connectivity index (χ0n) is 12.1. The van der Waals surface area contributed by atoms with Crippen molar-refractivity contribution in [2.24, 2.45) is 10.9 Å². The number of aliphatic hydroxyl groups is 1. The van der Waals surface area contributed by atoms with E-state index in [9.17, 15) is 5.11 Å². The van der Waals surface area contributed by atoms with Crippen molar-refractivity contribution in [1.82, 2.24) is 10.6 Å². The van der Waals surface area contributed by atoms with Crippen molar-refractivity contribution in [2.75, 3.05) is 13.1 Å². The van der Waals surface area contributed by atoms with E-state index >= 15 is 0 Å². The third kappa shape index (κ3) is 5.75. The van der Waals surface area contributed by atoms with Crippen molar-refractivity contribution in [3.05, 3.63) is 35.4 Å².